The lowest BCUT2D eigenvalue weighted by Gasteiger charge is -2.02. The first kappa shape index (κ1) is 12.6. The molecule has 2 aromatic rings. The predicted octanol–water partition coefficient (Wildman–Crippen LogP) is 0.740. The van der Waals surface area contributed by atoms with E-state index in [2.05, 4.69) is 15.5 Å². The summed E-state index contributed by atoms with van der Waals surface area (Å²) in [7, 11) is 1.88. The standard InChI is InChI=1S/C11H15N5OS/c1-7-8(12)5-9(18-7)11(17)13-4-3-10-15-14-6-16(10)2/h5-6H,3-4,12H2,1-2H3,(H,13,17). The molecule has 0 aliphatic rings. The lowest BCUT2D eigenvalue weighted by Crippen LogP contribution is -2.25. The van der Waals surface area contributed by atoms with Gasteiger partial charge in [0.1, 0.15) is 12.2 Å². The molecule has 1 amide bonds. The number of rotatable bonds is 4. The highest BCUT2D eigenvalue weighted by Gasteiger charge is 2.10. The van der Waals surface area contributed by atoms with Gasteiger partial charge in [0.15, 0.2) is 0 Å². The number of nitrogen functional groups attached to an aromatic ring is 1. The minimum absolute atomic E-state index is 0.0954. The topological polar surface area (TPSA) is 85.8 Å². The van der Waals surface area contributed by atoms with Crippen molar-refractivity contribution in [2.45, 2.75) is 13.3 Å². The SMILES string of the molecule is Cc1sc(C(=O)NCCc2nncn2C)cc1N. The van der Waals surface area contributed by atoms with Crippen LogP contribution in [0.15, 0.2) is 12.4 Å². The van der Waals surface area contributed by atoms with Gasteiger partial charge >= 0.3 is 0 Å². The maximum absolute atomic E-state index is 11.8. The number of nitrogens with zero attached hydrogens (tertiary/aromatic N) is 3. The van der Waals surface area contributed by atoms with Crippen LogP contribution in [-0.4, -0.2) is 27.2 Å². The summed E-state index contributed by atoms with van der Waals surface area (Å²) in [5, 5.41) is 10.6. The van der Waals surface area contributed by atoms with Crippen LogP contribution < -0.4 is 11.1 Å². The molecule has 0 atom stereocenters. The highest BCUT2D eigenvalue weighted by molar-refractivity contribution is 7.14. The van der Waals surface area contributed by atoms with E-state index in [4.69, 9.17) is 5.73 Å². The van der Waals surface area contributed by atoms with Crippen molar-refractivity contribution in [2.24, 2.45) is 7.05 Å². The normalized spacial score (nSPS) is 10.6. The summed E-state index contributed by atoms with van der Waals surface area (Å²) in [6.45, 7) is 2.43. The molecule has 0 saturated heterocycles. The van der Waals surface area contributed by atoms with Crippen molar-refractivity contribution in [3.63, 3.8) is 0 Å². The number of nitrogens with two attached hydrogens (primary N) is 1. The summed E-state index contributed by atoms with van der Waals surface area (Å²) in [6.07, 6.45) is 2.29. The second kappa shape index (κ2) is 5.18. The predicted molar refractivity (Wildman–Crippen MR) is 70.5 cm³/mol. The van der Waals surface area contributed by atoms with Crippen LogP contribution in [0.25, 0.3) is 0 Å². The molecule has 0 fully saturated rings. The fourth-order valence-corrected chi connectivity index (χ4v) is 2.37. The Morgan fingerprint density at radius 3 is 2.94 bits per heavy atom. The minimum atomic E-state index is -0.0954. The van der Waals surface area contributed by atoms with Crippen LogP contribution in [0.5, 0.6) is 0 Å². The molecule has 2 heterocycles. The molecule has 0 aliphatic heterocycles. The van der Waals surface area contributed by atoms with Gasteiger partial charge in [-0.3, -0.25) is 4.79 Å². The maximum atomic E-state index is 11.8. The number of aromatic nitrogens is 3. The van der Waals surface area contributed by atoms with E-state index in [0.717, 1.165) is 10.7 Å². The van der Waals surface area contributed by atoms with Gasteiger partial charge in [0, 0.05) is 30.6 Å². The number of hydrogen-bond acceptors (Lipinski definition) is 5. The second-order valence-electron chi connectivity index (χ2n) is 3.99. The van der Waals surface area contributed by atoms with E-state index in [1.165, 1.54) is 11.3 Å². The molecule has 0 radical (unpaired) electrons. The first-order chi connectivity index (χ1) is 8.58. The van der Waals surface area contributed by atoms with Crippen LogP contribution in [-0.2, 0) is 13.5 Å². The van der Waals surface area contributed by atoms with Crippen LogP contribution in [0, 0.1) is 6.92 Å². The summed E-state index contributed by atoms with van der Waals surface area (Å²) in [6, 6.07) is 1.71. The van der Waals surface area contributed by atoms with Crippen LogP contribution in [0.1, 0.15) is 20.4 Å². The van der Waals surface area contributed by atoms with Crippen LogP contribution in [0.3, 0.4) is 0 Å². The van der Waals surface area contributed by atoms with Crippen molar-refractivity contribution in [1.29, 1.82) is 0 Å². The Hall–Kier alpha value is -1.89. The van der Waals surface area contributed by atoms with Crippen molar-refractivity contribution >= 4 is 22.9 Å². The molecule has 18 heavy (non-hydrogen) atoms. The molecule has 0 spiro atoms. The molecule has 7 heteroatoms. The van der Waals surface area contributed by atoms with E-state index in [1.807, 2.05) is 18.5 Å². The fourth-order valence-electron chi connectivity index (χ4n) is 1.52. The smallest absolute Gasteiger partial charge is 0.261 e. The summed E-state index contributed by atoms with van der Waals surface area (Å²) in [4.78, 5) is 13.4. The van der Waals surface area contributed by atoms with Gasteiger partial charge in [0.25, 0.3) is 5.91 Å². The van der Waals surface area contributed by atoms with E-state index in [0.29, 0.717) is 23.5 Å². The molecule has 2 rings (SSSR count). The number of thiophene rings is 1. The van der Waals surface area contributed by atoms with Crippen LogP contribution in [0.2, 0.25) is 0 Å². The molecular weight excluding hydrogens is 250 g/mol. The third-order valence-corrected chi connectivity index (χ3v) is 3.68. The van der Waals surface area contributed by atoms with Gasteiger partial charge in [-0.15, -0.1) is 21.5 Å². The Balaban J connectivity index is 1.87. The molecular formula is C11H15N5OS. The van der Waals surface area contributed by atoms with Gasteiger partial charge in [-0.1, -0.05) is 0 Å². The number of carbonyl (C=O) groups is 1. The molecule has 3 N–H and O–H groups in total. The Morgan fingerprint density at radius 1 is 1.61 bits per heavy atom. The lowest BCUT2D eigenvalue weighted by atomic mass is 10.3. The van der Waals surface area contributed by atoms with Gasteiger partial charge in [-0.25, -0.2) is 0 Å². The van der Waals surface area contributed by atoms with Gasteiger partial charge < -0.3 is 15.6 Å². The van der Waals surface area contributed by atoms with E-state index < -0.39 is 0 Å². The molecule has 0 unspecified atom stereocenters. The first-order valence-electron chi connectivity index (χ1n) is 5.55. The Labute approximate surface area is 109 Å². The Bertz CT molecular complexity index is 540. The Morgan fingerprint density at radius 2 is 2.39 bits per heavy atom. The number of carbonyl (C=O) groups excluding carboxylic acids is 1. The quantitative estimate of drug-likeness (QED) is 0.853. The number of hydrogen-bond donors (Lipinski definition) is 2. The highest BCUT2D eigenvalue weighted by Crippen LogP contribution is 2.22. The summed E-state index contributed by atoms with van der Waals surface area (Å²) in [5.74, 6) is 0.749. The molecule has 0 aromatic carbocycles. The van der Waals surface area contributed by atoms with Crippen molar-refractivity contribution in [3.05, 3.63) is 28.0 Å². The van der Waals surface area contributed by atoms with Gasteiger partial charge in [0.05, 0.1) is 4.88 Å². The number of amides is 1. The van der Waals surface area contributed by atoms with Crippen molar-refractivity contribution in [1.82, 2.24) is 20.1 Å². The summed E-state index contributed by atoms with van der Waals surface area (Å²) in [5.41, 5.74) is 6.38. The van der Waals surface area contributed by atoms with Crippen molar-refractivity contribution in [3.8, 4) is 0 Å². The van der Waals surface area contributed by atoms with E-state index in [9.17, 15) is 4.79 Å². The van der Waals surface area contributed by atoms with Crippen LogP contribution in [0.4, 0.5) is 5.69 Å². The molecule has 96 valence electrons. The van der Waals surface area contributed by atoms with E-state index in [-0.39, 0.29) is 5.91 Å². The van der Waals surface area contributed by atoms with Gasteiger partial charge in [-0.2, -0.15) is 0 Å². The number of anilines is 1. The number of aryl methyl sites for hydroxylation is 2. The van der Waals surface area contributed by atoms with Crippen molar-refractivity contribution in [2.75, 3.05) is 12.3 Å². The average Bonchev–Trinajstić information content (AvgIpc) is 2.87. The molecule has 6 nitrogen and oxygen atoms in total. The third kappa shape index (κ3) is 2.67. The van der Waals surface area contributed by atoms with Gasteiger partial charge in [0.2, 0.25) is 0 Å². The van der Waals surface area contributed by atoms with E-state index in [1.54, 1.807) is 12.4 Å². The Kier molecular flexibility index (Phi) is 3.61. The second-order valence-corrected chi connectivity index (χ2v) is 5.24. The number of nitrogens with one attached hydrogen (secondary N) is 1. The fraction of sp³-hybridized carbons (Fsp3) is 0.364. The van der Waals surface area contributed by atoms with Crippen LogP contribution >= 0.6 is 11.3 Å². The van der Waals surface area contributed by atoms with Crippen molar-refractivity contribution < 1.29 is 4.79 Å². The average molecular weight is 265 g/mol. The van der Waals surface area contributed by atoms with E-state index >= 15 is 0 Å². The first-order valence-corrected chi connectivity index (χ1v) is 6.36. The highest BCUT2D eigenvalue weighted by atomic mass is 32.1. The zero-order valence-electron chi connectivity index (χ0n) is 10.3. The maximum Gasteiger partial charge on any atom is 0.261 e. The summed E-state index contributed by atoms with van der Waals surface area (Å²) >= 11 is 1.40. The third-order valence-electron chi connectivity index (χ3n) is 2.62. The minimum Gasteiger partial charge on any atom is -0.398 e. The molecule has 2 aromatic heterocycles. The lowest BCUT2D eigenvalue weighted by molar-refractivity contribution is 0.0958. The monoisotopic (exact) mass is 265 g/mol. The zero-order valence-corrected chi connectivity index (χ0v) is 11.1. The summed E-state index contributed by atoms with van der Waals surface area (Å²) < 4.78 is 1.83. The van der Waals surface area contributed by atoms with Gasteiger partial charge in [-0.05, 0) is 13.0 Å². The largest absolute Gasteiger partial charge is 0.398 e. The zero-order chi connectivity index (χ0) is 13.1. The molecule has 0 saturated carbocycles. The molecule has 0 bridgehead atoms. The molecule has 0 aliphatic carbocycles.